The summed E-state index contributed by atoms with van der Waals surface area (Å²) in [6, 6.07) is 16.4. The first-order chi connectivity index (χ1) is 13.5. The van der Waals surface area contributed by atoms with Gasteiger partial charge in [0.05, 0.1) is 11.4 Å². The molecule has 0 N–H and O–H groups in total. The van der Waals surface area contributed by atoms with Crippen LogP contribution >= 0.6 is 0 Å². The summed E-state index contributed by atoms with van der Waals surface area (Å²) in [7, 11) is 0. The van der Waals surface area contributed by atoms with Crippen LogP contribution in [0.2, 0.25) is 0 Å². The molecule has 0 radical (unpaired) electrons. The molecule has 1 heterocycles. The maximum absolute atomic E-state index is 4.55. The summed E-state index contributed by atoms with van der Waals surface area (Å²) in [6.07, 6.45) is 8.01. The molecule has 1 aromatic heterocycles. The summed E-state index contributed by atoms with van der Waals surface area (Å²) >= 11 is 0. The summed E-state index contributed by atoms with van der Waals surface area (Å²) in [6.45, 7) is 11.8. The molecule has 156 valence electrons. The number of hydrogen-bond donors (Lipinski definition) is 0. The van der Waals surface area contributed by atoms with Crippen molar-refractivity contribution in [3.8, 4) is 0 Å². The minimum Gasteiger partial charge on any atom is -1.00 e. The molecule has 0 aliphatic heterocycles. The SMILES string of the molecule is Cc1cccc(C)c1N=CCc1cccnc1.[CH2-]C=Nc1c(C)cccc1C.[Cl-].[Cr+2]. The quantitative estimate of drug-likeness (QED) is 0.436. The van der Waals surface area contributed by atoms with Gasteiger partial charge in [0.1, 0.15) is 0 Å². The van der Waals surface area contributed by atoms with Crippen molar-refractivity contribution in [3.05, 3.63) is 95.7 Å². The van der Waals surface area contributed by atoms with Crippen LogP contribution < -0.4 is 12.4 Å². The normalized spacial score (nSPS) is 10.1. The van der Waals surface area contributed by atoms with E-state index in [4.69, 9.17) is 0 Å². The summed E-state index contributed by atoms with van der Waals surface area (Å²) in [4.78, 5) is 12.8. The van der Waals surface area contributed by atoms with Crippen molar-refractivity contribution in [2.45, 2.75) is 34.1 Å². The van der Waals surface area contributed by atoms with Crippen molar-refractivity contribution in [3.63, 3.8) is 0 Å². The third kappa shape index (κ3) is 8.55. The average Bonchev–Trinajstić information content (AvgIpc) is 2.69. The van der Waals surface area contributed by atoms with Gasteiger partial charge in [-0.15, -0.1) is 6.21 Å². The maximum Gasteiger partial charge on any atom is 2.00 e. The number of aryl methyl sites for hydroxylation is 4. The summed E-state index contributed by atoms with van der Waals surface area (Å²) in [5, 5.41) is 0. The Hall–Kier alpha value is -2.38. The number of aliphatic imine (C=N–C) groups is 2. The van der Waals surface area contributed by atoms with E-state index in [1.54, 1.807) is 12.4 Å². The van der Waals surface area contributed by atoms with Gasteiger partial charge in [0.15, 0.2) is 0 Å². The van der Waals surface area contributed by atoms with Crippen LogP contribution in [-0.2, 0) is 23.8 Å². The Morgan fingerprint density at radius 2 is 1.30 bits per heavy atom. The van der Waals surface area contributed by atoms with Crippen molar-refractivity contribution in [2.24, 2.45) is 9.98 Å². The summed E-state index contributed by atoms with van der Waals surface area (Å²) in [5.74, 6) is 0. The van der Waals surface area contributed by atoms with Crippen LogP contribution in [0.15, 0.2) is 70.9 Å². The molecule has 0 atom stereocenters. The zero-order valence-corrected chi connectivity index (χ0v) is 20.0. The topological polar surface area (TPSA) is 37.6 Å². The van der Waals surface area contributed by atoms with E-state index in [0.717, 1.165) is 17.8 Å². The van der Waals surface area contributed by atoms with E-state index >= 15 is 0 Å². The van der Waals surface area contributed by atoms with Crippen LogP contribution in [0.3, 0.4) is 0 Å². The number of halogens is 1. The number of nitrogens with zero attached hydrogens (tertiary/aromatic N) is 3. The number of rotatable bonds is 4. The molecule has 5 heteroatoms. The molecule has 0 bridgehead atoms. The summed E-state index contributed by atoms with van der Waals surface area (Å²) < 4.78 is 0. The van der Waals surface area contributed by atoms with Gasteiger partial charge in [-0.2, -0.15) is 0 Å². The van der Waals surface area contributed by atoms with Crippen LogP contribution in [0.1, 0.15) is 27.8 Å². The monoisotopic (exact) mass is 457 g/mol. The Morgan fingerprint density at radius 1 is 0.800 bits per heavy atom. The largest absolute Gasteiger partial charge is 2.00 e. The predicted molar refractivity (Wildman–Crippen MR) is 121 cm³/mol. The van der Waals surface area contributed by atoms with Gasteiger partial charge < -0.3 is 19.3 Å². The molecular formula is C25H28ClCrN3. The van der Waals surface area contributed by atoms with Gasteiger partial charge in [-0.1, -0.05) is 42.5 Å². The van der Waals surface area contributed by atoms with Gasteiger partial charge in [-0.25, -0.2) is 0 Å². The molecular weight excluding hydrogens is 430 g/mol. The van der Waals surface area contributed by atoms with Gasteiger partial charge in [0.2, 0.25) is 0 Å². The first-order valence-electron chi connectivity index (χ1n) is 9.38. The zero-order valence-electron chi connectivity index (χ0n) is 18.0. The molecule has 0 amide bonds. The second-order valence-electron chi connectivity index (χ2n) is 6.67. The van der Waals surface area contributed by atoms with Gasteiger partial charge in [-0.05, 0) is 61.6 Å². The first-order valence-corrected chi connectivity index (χ1v) is 9.38. The minimum absolute atomic E-state index is 0. The number of para-hydroxylation sites is 2. The van der Waals surface area contributed by atoms with E-state index in [0.29, 0.717) is 0 Å². The Labute approximate surface area is 198 Å². The third-order valence-corrected chi connectivity index (χ3v) is 4.37. The van der Waals surface area contributed by atoms with Crippen molar-refractivity contribution < 1.29 is 29.8 Å². The number of aromatic nitrogens is 1. The number of hydrogen-bond acceptors (Lipinski definition) is 3. The van der Waals surface area contributed by atoms with E-state index in [1.807, 2.05) is 24.5 Å². The van der Waals surface area contributed by atoms with Gasteiger partial charge in [-0.3, -0.25) is 15.0 Å². The van der Waals surface area contributed by atoms with Gasteiger partial charge in [0.25, 0.3) is 0 Å². The minimum atomic E-state index is 0. The van der Waals surface area contributed by atoms with Gasteiger partial charge in [0, 0.05) is 25.0 Å². The Morgan fingerprint density at radius 3 is 1.73 bits per heavy atom. The van der Waals surface area contributed by atoms with Crippen LogP contribution in [0, 0.1) is 34.6 Å². The maximum atomic E-state index is 4.55. The van der Waals surface area contributed by atoms with E-state index < -0.39 is 0 Å². The second kappa shape index (κ2) is 14.6. The zero-order chi connectivity index (χ0) is 20.4. The molecule has 30 heavy (non-hydrogen) atoms. The van der Waals surface area contributed by atoms with Crippen LogP contribution in [0.25, 0.3) is 0 Å². The van der Waals surface area contributed by atoms with Crippen LogP contribution in [0.4, 0.5) is 11.4 Å². The molecule has 0 spiro atoms. The first kappa shape index (κ1) is 27.6. The predicted octanol–water partition coefficient (Wildman–Crippen LogP) is 3.48. The molecule has 0 saturated heterocycles. The van der Waals surface area contributed by atoms with E-state index in [9.17, 15) is 0 Å². The fourth-order valence-electron chi connectivity index (χ4n) is 2.87. The van der Waals surface area contributed by atoms with Gasteiger partial charge >= 0.3 is 17.4 Å². The number of benzene rings is 2. The van der Waals surface area contributed by atoms with E-state index in [-0.39, 0.29) is 29.8 Å². The third-order valence-electron chi connectivity index (χ3n) is 4.37. The fourth-order valence-corrected chi connectivity index (χ4v) is 2.87. The average molecular weight is 458 g/mol. The molecule has 2 aromatic carbocycles. The Bertz CT molecular complexity index is 913. The molecule has 0 aliphatic rings. The molecule has 0 aliphatic carbocycles. The summed E-state index contributed by atoms with van der Waals surface area (Å²) in [5.41, 5.74) is 8.14. The molecule has 0 saturated carbocycles. The second-order valence-corrected chi connectivity index (χ2v) is 6.67. The number of pyridine rings is 1. The smallest absolute Gasteiger partial charge is 1.00 e. The molecule has 0 fully saturated rings. The molecule has 3 aromatic rings. The standard InChI is InChI=1S/C15H16N2.C10H12N.ClH.Cr/c1-12-5-3-6-13(2)15(12)17-10-8-14-7-4-9-16-11-14;1-4-11-10-8(2)6-5-7-9(10)3;;/h3-7,9-11H,8H2,1-2H3;4-7H,1H2,2-3H3;1H;/q;-1;;+2/p-1. The van der Waals surface area contributed by atoms with Crippen molar-refractivity contribution in [2.75, 3.05) is 0 Å². The molecule has 3 rings (SSSR count). The Kier molecular flexibility index (Phi) is 13.4. The van der Waals surface area contributed by atoms with Crippen molar-refractivity contribution >= 4 is 23.8 Å². The van der Waals surface area contributed by atoms with Crippen molar-refractivity contribution in [1.82, 2.24) is 4.98 Å². The molecule has 0 unspecified atom stereocenters. The van der Waals surface area contributed by atoms with E-state index in [2.05, 4.69) is 86.0 Å². The Balaban J connectivity index is 0.000000569. The van der Waals surface area contributed by atoms with Crippen LogP contribution in [-0.4, -0.2) is 17.4 Å². The van der Waals surface area contributed by atoms with E-state index in [1.165, 1.54) is 27.8 Å². The van der Waals surface area contributed by atoms with Crippen LogP contribution in [0.5, 0.6) is 0 Å². The van der Waals surface area contributed by atoms with Crippen molar-refractivity contribution in [1.29, 1.82) is 0 Å². The molecule has 3 nitrogen and oxygen atoms in total. The fraction of sp³-hybridized carbons (Fsp3) is 0.200.